The van der Waals surface area contributed by atoms with E-state index in [-0.39, 0.29) is 5.92 Å². The molecule has 1 unspecified atom stereocenters. The number of hydrogen-bond acceptors (Lipinski definition) is 2. The fraction of sp³-hybridized carbons (Fsp3) is 0.125. The summed E-state index contributed by atoms with van der Waals surface area (Å²) in [7, 11) is -3.71. The predicted octanol–water partition coefficient (Wildman–Crippen LogP) is 7.40. The van der Waals surface area contributed by atoms with Crippen LogP contribution < -0.4 is 0 Å². The molecule has 184 valence electrons. The lowest BCUT2D eigenvalue weighted by Crippen LogP contribution is -2.38. The fourth-order valence-electron chi connectivity index (χ4n) is 5.50. The lowest BCUT2D eigenvalue weighted by atomic mass is 9.87. The highest BCUT2D eigenvalue weighted by Crippen LogP contribution is 2.52. The zero-order chi connectivity index (χ0) is 25.6. The molecule has 2 aliphatic rings. The quantitative estimate of drug-likeness (QED) is 0.257. The molecule has 37 heavy (non-hydrogen) atoms. The number of aryl methyl sites for hydroxylation is 1. The molecule has 0 spiro atoms. The second-order valence-corrected chi connectivity index (χ2v) is 12.3. The van der Waals surface area contributed by atoms with Crippen molar-refractivity contribution in [2.75, 3.05) is 13.1 Å². The number of fused-ring (bicyclic) bond motifs is 2. The molecule has 0 saturated heterocycles. The molecule has 4 aromatic rings. The highest BCUT2D eigenvalue weighted by Gasteiger charge is 2.41. The Morgan fingerprint density at radius 3 is 2.11 bits per heavy atom. The molecule has 3 nitrogen and oxygen atoms in total. The lowest BCUT2D eigenvalue weighted by Gasteiger charge is -2.32. The van der Waals surface area contributed by atoms with Crippen LogP contribution in [0.2, 0.25) is 0 Å². The SMILES string of the molecule is Cc1ccc(S(=O)(=O)N2CC3=C(/C(=C(/Br)c4ccccc4)C2)c2ccccc2C3c2ccccc2)cc1. The van der Waals surface area contributed by atoms with E-state index < -0.39 is 10.0 Å². The van der Waals surface area contributed by atoms with E-state index in [1.165, 1.54) is 16.7 Å². The van der Waals surface area contributed by atoms with Crippen LogP contribution in [-0.2, 0) is 10.0 Å². The van der Waals surface area contributed by atoms with E-state index in [1.807, 2.05) is 43.3 Å². The normalized spacial score (nSPS) is 18.9. The number of benzene rings is 4. The van der Waals surface area contributed by atoms with E-state index in [0.29, 0.717) is 18.0 Å². The van der Waals surface area contributed by atoms with Crippen LogP contribution in [0.3, 0.4) is 0 Å². The van der Waals surface area contributed by atoms with Crippen molar-refractivity contribution in [3.05, 3.63) is 148 Å². The van der Waals surface area contributed by atoms with Crippen LogP contribution in [0.4, 0.5) is 0 Å². The molecule has 1 aliphatic carbocycles. The molecule has 0 N–H and O–H groups in total. The minimum absolute atomic E-state index is 0.00510. The van der Waals surface area contributed by atoms with Gasteiger partial charge in [0.25, 0.3) is 0 Å². The van der Waals surface area contributed by atoms with Gasteiger partial charge in [0.1, 0.15) is 0 Å². The maximum absolute atomic E-state index is 14.0. The van der Waals surface area contributed by atoms with Gasteiger partial charge in [-0.1, -0.05) is 103 Å². The highest BCUT2D eigenvalue weighted by molar-refractivity contribution is 9.15. The lowest BCUT2D eigenvalue weighted by molar-refractivity contribution is 0.453. The first-order valence-corrected chi connectivity index (χ1v) is 14.6. The van der Waals surface area contributed by atoms with Crippen molar-refractivity contribution in [3.63, 3.8) is 0 Å². The van der Waals surface area contributed by atoms with E-state index in [4.69, 9.17) is 0 Å². The monoisotopic (exact) mass is 567 g/mol. The Morgan fingerprint density at radius 1 is 0.784 bits per heavy atom. The summed E-state index contributed by atoms with van der Waals surface area (Å²) in [5.74, 6) is -0.00510. The zero-order valence-corrected chi connectivity index (χ0v) is 22.8. The van der Waals surface area contributed by atoms with Crippen LogP contribution in [0, 0.1) is 6.92 Å². The summed E-state index contributed by atoms with van der Waals surface area (Å²) in [6, 6.07) is 36.1. The second-order valence-electron chi connectivity index (χ2n) is 9.58. The first kappa shape index (κ1) is 24.1. The van der Waals surface area contributed by atoms with E-state index in [9.17, 15) is 8.42 Å². The number of hydrogen-bond donors (Lipinski definition) is 0. The summed E-state index contributed by atoms with van der Waals surface area (Å²) in [6.45, 7) is 2.60. The average molecular weight is 569 g/mol. The molecule has 0 amide bonds. The Balaban J connectivity index is 1.58. The fourth-order valence-corrected chi connectivity index (χ4v) is 7.48. The summed E-state index contributed by atoms with van der Waals surface area (Å²) in [5.41, 5.74) is 8.91. The first-order valence-electron chi connectivity index (χ1n) is 12.3. The Morgan fingerprint density at radius 2 is 1.41 bits per heavy atom. The van der Waals surface area contributed by atoms with E-state index in [0.717, 1.165) is 32.3 Å². The number of nitrogens with zero attached hydrogens (tertiary/aromatic N) is 1. The van der Waals surface area contributed by atoms with E-state index in [1.54, 1.807) is 16.4 Å². The molecular weight excluding hydrogens is 542 g/mol. The molecular formula is C32H26BrNO2S. The van der Waals surface area contributed by atoms with E-state index in [2.05, 4.69) is 76.6 Å². The third-order valence-electron chi connectivity index (χ3n) is 7.28. The maximum atomic E-state index is 14.0. The van der Waals surface area contributed by atoms with Crippen molar-refractivity contribution in [2.24, 2.45) is 0 Å². The van der Waals surface area contributed by atoms with Crippen molar-refractivity contribution in [1.29, 1.82) is 0 Å². The molecule has 0 bridgehead atoms. The van der Waals surface area contributed by atoms with Crippen LogP contribution in [0.25, 0.3) is 10.1 Å². The predicted molar refractivity (Wildman–Crippen MR) is 154 cm³/mol. The van der Waals surface area contributed by atoms with Gasteiger partial charge >= 0.3 is 0 Å². The Hall–Kier alpha value is -3.25. The summed E-state index contributed by atoms with van der Waals surface area (Å²) in [4.78, 5) is 0.323. The molecule has 1 aliphatic heterocycles. The number of halogens is 1. The molecule has 0 fully saturated rings. The summed E-state index contributed by atoms with van der Waals surface area (Å²) in [6.07, 6.45) is 0. The topological polar surface area (TPSA) is 37.4 Å². The molecule has 0 radical (unpaired) electrons. The van der Waals surface area contributed by atoms with Crippen LogP contribution in [-0.4, -0.2) is 25.8 Å². The van der Waals surface area contributed by atoms with Crippen LogP contribution >= 0.6 is 15.9 Å². The van der Waals surface area contributed by atoms with Gasteiger partial charge in [-0.2, -0.15) is 4.31 Å². The van der Waals surface area contributed by atoms with Crippen LogP contribution in [0.15, 0.2) is 125 Å². The van der Waals surface area contributed by atoms with Gasteiger partial charge in [-0.3, -0.25) is 0 Å². The Bertz CT molecular complexity index is 1640. The van der Waals surface area contributed by atoms with Crippen molar-refractivity contribution in [1.82, 2.24) is 4.31 Å². The number of sulfonamides is 1. The number of rotatable bonds is 4. The smallest absolute Gasteiger partial charge is 0.207 e. The van der Waals surface area contributed by atoms with Gasteiger partial charge in [0.05, 0.1) is 4.90 Å². The molecule has 0 aromatic heterocycles. The van der Waals surface area contributed by atoms with Gasteiger partial charge in [-0.15, -0.1) is 0 Å². The van der Waals surface area contributed by atoms with Crippen LogP contribution in [0.5, 0.6) is 0 Å². The van der Waals surface area contributed by atoms with Gasteiger partial charge in [-0.05, 0) is 74.0 Å². The molecule has 4 aromatic carbocycles. The Kier molecular flexibility index (Phi) is 6.23. The van der Waals surface area contributed by atoms with Gasteiger partial charge in [0, 0.05) is 23.5 Å². The molecule has 0 saturated carbocycles. The van der Waals surface area contributed by atoms with Crippen LogP contribution in [0.1, 0.15) is 33.7 Å². The van der Waals surface area contributed by atoms with Gasteiger partial charge in [0.2, 0.25) is 10.0 Å². The first-order chi connectivity index (χ1) is 17.9. The van der Waals surface area contributed by atoms with Crippen molar-refractivity contribution >= 4 is 36.0 Å². The second kappa shape index (κ2) is 9.56. The van der Waals surface area contributed by atoms with Gasteiger partial charge in [0.15, 0.2) is 0 Å². The molecule has 1 heterocycles. The molecule has 5 heteroatoms. The minimum atomic E-state index is -3.71. The Labute approximate surface area is 227 Å². The standard InChI is InChI=1S/C32H26BrNO2S/c1-22-16-18-25(19-17-22)37(35,36)34-20-28-30(23-10-4-2-5-11-23)26-14-8-9-15-27(26)31(28)29(21-34)32(33)24-12-6-3-7-13-24/h2-19,30H,20-21H2,1H3/b32-29+. The average Bonchev–Trinajstić information content (AvgIpc) is 3.28. The van der Waals surface area contributed by atoms with Gasteiger partial charge < -0.3 is 0 Å². The van der Waals surface area contributed by atoms with Crippen molar-refractivity contribution in [3.8, 4) is 0 Å². The minimum Gasteiger partial charge on any atom is -0.207 e. The third-order valence-corrected chi connectivity index (χ3v) is 10.0. The maximum Gasteiger partial charge on any atom is 0.243 e. The molecule has 1 atom stereocenters. The summed E-state index contributed by atoms with van der Waals surface area (Å²) >= 11 is 3.90. The van der Waals surface area contributed by atoms with E-state index >= 15 is 0 Å². The molecule has 6 rings (SSSR count). The highest BCUT2D eigenvalue weighted by atomic mass is 79.9. The third kappa shape index (κ3) is 4.21. The summed E-state index contributed by atoms with van der Waals surface area (Å²) in [5, 5.41) is 0. The largest absolute Gasteiger partial charge is 0.243 e. The van der Waals surface area contributed by atoms with Gasteiger partial charge in [-0.25, -0.2) is 8.42 Å². The van der Waals surface area contributed by atoms with Crippen molar-refractivity contribution < 1.29 is 8.42 Å². The zero-order valence-electron chi connectivity index (χ0n) is 20.4. The summed E-state index contributed by atoms with van der Waals surface area (Å²) < 4.78 is 30.5. The van der Waals surface area contributed by atoms with Crippen molar-refractivity contribution in [2.45, 2.75) is 17.7 Å².